The van der Waals surface area contributed by atoms with Gasteiger partial charge in [0.25, 0.3) is 0 Å². The lowest BCUT2D eigenvalue weighted by atomic mass is 9.44. The van der Waals surface area contributed by atoms with E-state index >= 15 is 0 Å². The van der Waals surface area contributed by atoms with Crippen molar-refractivity contribution >= 4 is 29.2 Å². The molecule has 7 nitrogen and oxygen atoms in total. The number of nitrogen functional groups attached to an aromatic ring is 2. The van der Waals surface area contributed by atoms with Gasteiger partial charge in [-0.2, -0.15) is 0 Å². The van der Waals surface area contributed by atoms with Crippen molar-refractivity contribution in [1.29, 1.82) is 0 Å². The quantitative estimate of drug-likeness (QED) is 0.0518. The molecule has 7 rings (SSSR count). The van der Waals surface area contributed by atoms with Crippen molar-refractivity contribution in [2.75, 3.05) is 24.7 Å². The SMILES string of the molecule is CC(C)CCC[C@@H](C)[C@H]1CC[C@H]2[C@@H]3CCC4CC(Oc5ccc(C=CC(=O)c6ccc(OCCOC(=O)c7cc(N)cc(N)c7)cc6)cc5)CC[C@]4(C)[C@H]3CC[C@]12C. The van der Waals surface area contributed by atoms with Crippen LogP contribution in [0.1, 0.15) is 138 Å². The van der Waals surface area contributed by atoms with Crippen LogP contribution in [0, 0.1) is 52.3 Å². The van der Waals surface area contributed by atoms with Crippen molar-refractivity contribution in [1.82, 2.24) is 0 Å². The molecule has 0 saturated heterocycles. The predicted molar refractivity (Wildman–Crippen MR) is 235 cm³/mol. The highest BCUT2D eigenvalue weighted by Gasteiger charge is 2.60. The van der Waals surface area contributed by atoms with E-state index in [-0.39, 0.29) is 25.1 Å². The molecule has 4 aliphatic carbocycles. The van der Waals surface area contributed by atoms with Gasteiger partial charge in [0.2, 0.25) is 0 Å². The molecule has 312 valence electrons. The molecular weight excluding hydrogens is 721 g/mol. The molecule has 3 aromatic carbocycles. The minimum Gasteiger partial charge on any atom is -0.490 e. The number of benzene rings is 3. The van der Waals surface area contributed by atoms with Crippen LogP contribution in [0.4, 0.5) is 11.4 Å². The average molecular weight is 789 g/mol. The third-order valence-corrected chi connectivity index (χ3v) is 15.4. The number of carbonyl (C=O) groups excluding carboxylic acids is 2. The van der Waals surface area contributed by atoms with Crippen LogP contribution in [0.2, 0.25) is 0 Å². The molecule has 0 aromatic heterocycles. The molecule has 7 heteroatoms. The molecule has 3 aromatic rings. The van der Waals surface area contributed by atoms with Crippen LogP contribution in [-0.4, -0.2) is 31.1 Å². The van der Waals surface area contributed by atoms with Gasteiger partial charge in [0.15, 0.2) is 5.78 Å². The van der Waals surface area contributed by atoms with Gasteiger partial charge in [-0.1, -0.05) is 72.1 Å². The Morgan fingerprint density at radius 2 is 1.45 bits per heavy atom. The largest absolute Gasteiger partial charge is 0.490 e. The van der Waals surface area contributed by atoms with E-state index in [2.05, 4.69) is 34.6 Å². The Morgan fingerprint density at radius 1 is 0.759 bits per heavy atom. The van der Waals surface area contributed by atoms with Gasteiger partial charge in [0.05, 0.1) is 11.7 Å². The fourth-order valence-electron chi connectivity index (χ4n) is 12.4. The van der Waals surface area contributed by atoms with E-state index in [9.17, 15) is 9.59 Å². The first kappa shape index (κ1) is 41.9. The monoisotopic (exact) mass is 789 g/mol. The number of carbonyl (C=O) groups is 2. The van der Waals surface area contributed by atoms with Crippen molar-refractivity contribution < 1.29 is 23.8 Å². The number of esters is 1. The number of ether oxygens (including phenoxy) is 3. The first-order valence-electron chi connectivity index (χ1n) is 22.4. The third-order valence-electron chi connectivity index (χ3n) is 15.4. The number of hydrogen-bond acceptors (Lipinski definition) is 7. The molecule has 4 saturated carbocycles. The zero-order chi connectivity index (χ0) is 41.0. The fraction of sp³-hybridized carbons (Fsp3) is 0.569. The Bertz CT molecular complexity index is 1880. The van der Waals surface area contributed by atoms with Crippen LogP contribution in [0.25, 0.3) is 6.08 Å². The summed E-state index contributed by atoms with van der Waals surface area (Å²) in [5.74, 6) is 6.97. The van der Waals surface area contributed by atoms with E-state index in [4.69, 9.17) is 25.7 Å². The van der Waals surface area contributed by atoms with E-state index in [0.717, 1.165) is 59.2 Å². The molecule has 4 N–H and O–H groups in total. The number of hydrogen-bond donors (Lipinski definition) is 2. The van der Waals surface area contributed by atoms with Crippen LogP contribution in [0.15, 0.2) is 72.8 Å². The molecule has 4 aliphatic rings. The van der Waals surface area contributed by atoms with Gasteiger partial charge >= 0.3 is 5.97 Å². The third kappa shape index (κ3) is 9.29. The second-order valence-electron chi connectivity index (χ2n) is 19.4. The topological polar surface area (TPSA) is 114 Å². The maximum absolute atomic E-state index is 12.9. The first-order valence-corrected chi connectivity index (χ1v) is 22.4. The number of allylic oxidation sites excluding steroid dienone is 1. The highest BCUT2D eigenvalue weighted by molar-refractivity contribution is 6.06. The molecule has 2 unspecified atom stereocenters. The van der Waals surface area contributed by atoms with E-state index in [1.807, 2.05) is 30.3 Å². The van der Waals surface area contributed by atoms with Gasteiger partial charge in [-0.3, -0.25) is 4.79 Å². The predicted octanol–water partition coefficient (Wildman–Crippen LogP) is 11.9. The van der Waals surface area contributed by atoms with E-state index in [0.29, 0.717) is 39.1 Å². The fourth-order valence-corrected chi connectivity index (χ4v) is 12.4. The van der Waals surface area contributed by atoms with Gasteiger partial charge < -0.3 is 25.7 Å². The van der Waals surface area contributed by atoms with Gasteiger partial charge in [-0.15, -0.1) is 0 Å². The number of ketones is 1. The summed E-state index contributed by atoms with van der Waals surface area (Å²) in [5.41, 5.74) is 15.1. The minimum atomic E-state index is -0.521. The summed E-state index contributed by atoms with van der Waals surface area (Å²) in [6, 6.07) is 19.7. The van der Waals surface area contributed by atoms with Crippen molar-refractivity contribution in [2.45, 2.75) is 118 Å². The number of anilines is 2. The van der Waals surface area contributed by atoms with Crippen LogP contribution >= 0.6 is 0 Å². The second kappa shape index (κ2) is 17.9. The van der Waals surface area contributed by atoms with Crippen LogP contribution < -0.4 is 20.9 Å². The molecule has 0 radical (unpaired) electrons. The normalized spacial score (nSPS) is 29.6. The van der Waals surface area contributed by atoms with E-state index in [1.54, 1.807) is 36.4 Å². The molecule has 0 spiro atoms. The summed E-state index contributed by atoms with van der Waals surface area (Å²) in [6.45, 7) is 12.9. The van der Waals surface area contributed by atoms with Crippen LogP contribution in [0.5, 0.6) is 11.5 Å². The minimum absolute atomic E-state index is 0.0566. The molecule has 0 amide bonds. The van der Waals surface area contributed by atoms with Gasteiger partial charge in [-0.25, -0.2) is 4.79 Å². The van der Waals surface area contributed by atoms with Crippen molar-refractivity contribution in [3.63, 3.8) is 0 Å². The van der Waals surface area contributed by atoms with E-state index < -0.39 is 5.97 Å². The summed E-state index contributed by atoms with van der Waals surface area (Å²) >= 11 is 0. The standard InChI is InChI=1S/C51H68N2O5/c1-33(2)7-6-8-34(3)45-20-21-46-44-19-14-38-31-43(23-25-50(38,4)47(44)24-26-51(45,46)5)58-42-15-9-35(10-16-42)11-22-48(54)36-12-17-41(18-13-36)56-27-28-57-49(55)37-29-39(52)32-40(53)30-37/h9-13,15-18,22,29-30,32-34,38,43-47H,6-8,14,19-21,23-28,31,52-53H2,1-5H3/t34-,38?,43?,44+,45-,46+,47+,50+,51-/m1/s1. The number of rotatable bonds is 15. The maximum atomic E-state index is 12.9. The van der Waals surface area contributed by atoms with Crippen molar-refractivity contribution in [2.24, 2.45) is 52.3 Å². The van der Waals surface area contributed by atoms with E-state index in [1.165, 1.54) is 82.8 Å². The Hall–Kier alpha value is -4.26. The number of nitrogens with two attached hydrogens (primary N) is 2. The molecule has 0 heterocycles. The van der Waals surface area contributed by atoms with Gasteiger partial charge in [0.1, 0.15) is 24.7 Å². The molecule has 0 aliphatic heterocycles. The Kier molecular flexibility index (Phi) is 12.9. The van der Waals surface area contributed by atoms with Gasteiger partial charge in [-0.05, 0) is 176 Å². The second-order valence-corrected chi connectivity index (χ2v) is 19.4. The highest BCUT2D eigenvalue weighted by atomic mass is 16.6. The summed E-state index contributed by atoms with van der Waals surface area (Å²) in [4.78, 5) is 25.2. The maximum Gasteiger partial charge on any atom is 0.338 e. The van der Waals surface area contributed by atoms with Crippen molar-refractivity contribution in [3.05, 3.63) is 89.5 Å². The lowest BCUT2D eigenvalue weighted by Crippen LogP contribution is -2.54. The van der Waals surface area contributed by atoms with Crippen LogP contribution in [-0.2, 0) is 4.74 Å². The van der Waals surface area contributed by atoms with Crippen LogP contribution in [0.3, 0.4) is 0 Å². The lowest BCUT2D eigenvalue weighted by molar-refractivity contribution is -0.126. The number of fused-ring (bicyclic) bond motifs is 5. The molecule has 4 fully saturated rings. The molecular formula is C51H68N2O5. The first-order chi connectivity index (χ1) is 27.8. The molecule has 9 atom stereocenters. The lowest BCUT2D eigenvalue weighted by Gasteiger charge is -2.61. The molecule has 0 bridgehead atoms. The summed E-state index contributed by atoms with van der Waals surface area (Å²) in [6.07, 6.45) is 20.1. The highest BCUT2D eigenvalue weighted by Crippen LogP contribution is 2.68. The van der Waals surface area contributed by atoms with Gasteiger partial charge in [0, 0.05) is 16.9 Å². The Balaban J connectivity index is 0.851. The summed E-state index contributed by atoms with van der Waals surface area (Å²) in [7, 11) is 0. The smallest absolute Gasteiger partial charge is 0.338 e. The van der Waals surface area contributed by atoms with Crippen molar-refractivity contribution in [3.8, 4) is 11.5 Å². The summed E-state index contributed by atoms with van der Waals surface area (Å²) in [5, 5.41) is 0. The zero-order valence-electron chi connectivity index (χ0n) is 35.7. The average Bonchev–Trinajstić information content (AvgIpc) is 3.56. The summed E-state index contributed by atoms with van der Waals surface area (Å²) < 4.78 is 17.6. The Labute approximate surface area is 347 Å². The molecule has 58 heavy (non-hydrogen) atoms. The zero-order valence-corrected chi connectivity index (χ0v) is 35.7. The Morgan fingerprint density at radius 3 is 2.17 bits per heavy atom.